The first-order valence-electron chi connectivity index (χ1n) is 11.0. The van der Waals surface area contributed by atoms with Crippen molar-refractivity contribution in [3.8, 4) is 17.0 Å². The van der Waals surface area contributed by atoms with Gasteiger partial charge in [-0.05, 0) is 63.4 Å². The van der Waals surface area contributed by atoms with E-state index in [0.717, 1.165) is 22.4 Å². The summed E-state index contributed by atoms with van der Waals surface area (Å²) in [6.07, 6.45) is 3.68. The molecule has 8 nitrogen and oxygen atoms in total. The summed E-state index contributed by atoms with van der Waals surface area (Å²) in [4.78, 5) is 33.5. The maximum absolute atomic E-state index is 12.9. The highest BCUT2D eigenvalue weighted by Crippen LogP contribution is 2.29. The van der Waals surface area contributed by atoms with Crippen molar-refractivity contribution in [2.75, 3.05) is 11.9 Å². The predicted molar refractivity (Wildman–Crippen MR) is 130 cm³/mol. The van der Waals surface area contributed by atoms with Crippen molar-refractivity contribution in [1.29, 1.82) is 0 Å². The van der Waals surface area contributed by atoms with Crippen LogP contribution in [-0.2, 0) is 20.7 Å². The summed E-state index contributed by atoms with van der Waals surface area (Å²) in [6, 6.07) is 14.2. The van der Waals surface area contributed by atoms with E-state index in [4.69, 9.17) is 15.2 Å². The molecule has 0 spiro atoms. The molecule has 0 aliphatic heterocycles. The lowest BCUT2D eigenvalue weighted by Crippen LogP contribution is -2.37. The number of nitrogens with zero attached hydrogens (tertiary/aromatic N) is 2. The largest absolute Gasteiger partial charge is 0.464 e. The summed E-state index contributed by atoms with van der Waals surface area (Å²) in [7, 11) is 0. The zero-order valence-electron chi connectivity index (χ0n) is 19.9. The maximum atomic E-state index is 12.9. The van der Waals surface area contributed by atoms with E-state index in [9.17, 15) is 9.59 Å². The van der Waals surface area contributed by atoms with E-state index in [-0.39, 0.29) is 12.5 Å². The topological polar surface area (TPSA) is 116 Å². The highest BCUT2D eigenvalue weighted by molar-refractivity contribution is 5.96. The van der Waals surface area contributed by atoms with Crippen molar-refractivity contribution >= 4 is 17.6 Å². The zero-order chi connectivity index (χ0) is 24.7. The molecule has 8 heteroatoms. The van der Waals surface area contributed by atoms with Gasteiger partial charge >= 0.3 is 5.97 Å². The van der Waals surface area contributed by atoms with Gasteiger partial charge in [0.25, 0.3) is 0 Å². The Labute approximate surface area is 199 Å². The van der Waals surface area contributed by atoms with Gasteiger partial charge in [-0.1, -0.05) is 30.3 Å². The molecule has 1 amide bonds. The summed E-state index contributed by atoms with van der Waals surface area (Å²) < 4.78 is 10.9. The Morgan fingerprint density at radius 2 is 1.79 bits per heavy atom. The Morgan fingerprint density at radius 3 is 2.47 bits per heavy atom. The fraction of sp³-hybridized carbons (Fsp3) is 0.308. The Kier molecular flexibility index (Phi) is 7.96. The number of ether oxygens (including phenoxy) is 2. The van der Waals surface area contributed by atoms with Crippen molar-refractivity contribution in [1.82, 2.24) is 9.97 Å². The predicted octanol–water partition coefficient (Wildman–Crippen LogP) is 3.68. The van der Waals surface area contributed by atoms with Gasteiger partial charge in [0.15, 0.2) is 6.61 Å². The molecule has 3 N–H and O–H groups in total. The monoisotopic (exact) mass is 462 g/mol. The van der Waals surface area contributed by atoms with Crippen LogP contribution < -0.4 is 15.8 Å². The molecular formula is C26H30N4O4. The lowest BCUT2D eigenvalue weighted by atomic mass is 10.1. The van der Waals surface area contributed by atoms with Crippen LogP contribution in [0.1, 0.15) is 32.0 Å². The van der Waals surface area contributed by atoms with Crippen LogP contribution in [0.4, 0.5) is 5.69 Å². The molecule has 0 bridgehead atoms. The number of pyridine rings is 2. The van der Waals surface area contributed by atoms with Gasteiger partial charge in [-0.15, -0.1) is 0 Å². The second-order valence-corrected chi connectivity index (χ2v) is 8.92. The van der Waals surface area contributed by atoms with Gasteiger partial charge in [0.2, 0.25) is 11.8 Å². The Morgan fingerprint density at radius 1 is 1.06 bits per heavy atom. The van der Waals surface area contributed by atoms with Crippen LogP contribution in [-0.4, -0.2) is 40.1 Å². The molecule has 2 aromatic heterocycles. The fourth-order valence-corrected chi connectivity index (χ4v) is 3.22. The number of carbonyl (C=O) groups is 2. The van der Waals surface area contributed by atoms with Crippen LogP contribution in [0.15, 0.2) is 60.9 Å². The van der Waals surface area contributed by atoms with E-state index in [2.05, 4.69) is 15.3 Å². The van der Waals surface area contributed by atoms with Gasteiger partial charge in [0.1, 0.15) is 11.3 Å². The summed E-state index contributed by atoms with van der Waals surface area (Å²) in [6.45, 7) is 6.86. The molecule has 3 rings (SSSR count). The molecule has 2 heterocycles. The average Bonchev–Trinajstić information content (AvgIpc) is 2.77. The highest BCUT2D eigenvalue weighted by Gasteiger charge is 2.20. The third kappa shape index (κ3) is 7.38. The Bertz CT molecular complexity index is 1140. The van der Waals surface area contributed by atoms with Crippen molar-refractivity contribution in [3.63, 3.8) is 0 Å². The molecule has 0 aliphatic carbocycles. The van der Waals surface area contributed by atoms with Gasteiger partial charge < -0.3 is 20.5 Å². The first-order valence-corrected chi connectivity index (χ1v) is 11.0. The van der Waals surface area contributed by atoms with E-state index in [1.54, 1.807) is 39.2 Å². The van der Waals surface area contributed by atoms with Crippen LogP contribution in [0.25, 0.3) is 11.1 Å². The number of anilines is 1. The fourth-order valence-electron chi connectivity index (χ4n) is 3.22. The first-order chi connectivity index (χ1) is 16.1. The van der Waals surface area contributed by atoms with Gasteiger partial charge in [-0.25, -0.2) is 9.78 Å². The minimum Gasteiger partial charge on any atom is -0.464 e. The van der Waals surface area contributed by atoms with Crippen molar-refractivity contribution in [3.05, 3.63) is 72.2 Å². The molecule has 1 atom stereocenters. The van der Waals surface area contributed by atoms with Crippen LogP contribution in [0.2, 0.25) is 0 Å². The number of benzene rings is 1. The van der Waals surface area contributed by atoms with Crippen LogP contribution in [0, 0.1) is 6.92 Å². The smallest absolute Gasteiger partial charge is 0.344 e. The van der Waals surface area contributed by atoms with Crippen molar-refractivity contribution < 1.29 is 19.1 Å². The molecule has 0 saturated heterocycles. The second-order valence-electron chi connectivity index (χ2n) is 8.92. The maximum Gasteiger partial charge on any atom is 0.344 e. The first kappa shape index (κ1) is 24.9. The van der Waals surface area contributed by atoms with Gasteiger partial charge in [0.05, 0.1) is 6.04 Å². The molecular weight excluding hydrogens is 432 g/mol. The summed E-state index contributed by atoms with van der Waals surface area (Å²) in [5, 5.41) is 2.81. The number of aromatic nitrogens is 2. The zero-order valence-corrected chi connectivity index (χ0v) is 19.9. The molecule has 0 aliphatic rings. The lowest BCUT2D eigenvalue weighted by molar-refractivity contribution is -0.157. The third-order valence-electron chi connectivity index (χ3n) is 4.72. The minimum atomic E-state index is -0.784. The molecule has 0 saturated carbocycles. The summed E-state index contributed by atoms with van der Waals surface area (Å²) in [5.74, 6) is -0.835. The molecule has 3 aromatic rings. The van der Waals surface area contributed by atoms with Crippen LogP contribution >= 0.6 is 0 Å². The molecule has 1 aromatic carbocycles. The highest BCUT2D eigenvalue weighted by atomic mass is 16.6. The number of hydrogen-bond acceptors (Lipinski definition) is 7. The number of nitrogens with one attached hydrogen (secondary N) is 1. The number of rotatable bonds is 8. The standard InChI is InChI=1S/C26H30N4O4/c1-17-12-19(10-11-28-17)20-14-22(25(29-15-20)33-16-23(31)34-26(2,3)4)30-24(32)21(27)13-18-8-6-5-7-9-18/h5-12,14-15,21H,13,16,27H2,1-4H3,(H,30,32)/t21-/m0/s1. The lowest BCUT2D eigenvalue weighted by Gasteiger charge is -2.20. The molecule has 0 radical (unpaired) electrons. The summed E-state index contributed by atoms with van der Waals surface area (Å²) in [5.41, 5.74) is 9.25. The number of hydrogen-bond donors (Lipinski definition) is 2. The molecule has 34 heavy (non-hydrogen) atoms. The van der Waals surface area contributed by atoms with E-state index in [0.29, 0.717) is 12.1 Å². The van der Waals surface area contributed by atoms with Gasteiger partial charge in [-0.3, -0.25) is 9.78 Å². The molecule has 178 valence electrons. The average molecular weight is 463 g/mol. The van der Waals surface area contributed by atoms with Gasteiger partial charge in [0, 0.05) is 23.7 Å². The SMILES string of the molecule is Cc1cc(-c2cnc(OCC(=O)OC(C)(C)C)c(NC(=O)[C@@H](N)Cc3ccccc3)c2)ccn1. The van der Waals surface area contributed by atoms with Gasteiger partial charge in [-0.2, -0.15) is 0 Å². The molecule has 0 unspecified atom stereocenters. The van der Waals surface area contributed by atoms with Crippen molar-refractivity contribution in [2.24, 2.45) is 5.73 Å². The second kappa shape index (κ2) is 10.9. The minimum absolute atomic E-state index is 0.0978. The number of amides is 1. The number of aryl methyl sites for hydroxylation is 1. The normalized spacial score (nSPS) is 12.0. The van der Waals surface area contributed by atoms with E-state index >= 15 is 0 Å². The Hall–Kier alpha value is -3.78. The quantitative estimate of drug-likeness (QED) is 0.491. The molecule has 0 fully saturated rings. The third-order valence-corrected chi connectivity index (χ3v) is 4.72. The number of carbonyl (C=O) groups excluding carboxylic acids is 2. The van der Waals surface area contributed by atoms with E-state index in [1.165, 1.54) is 0 Å². The van der Waals surface area contributed by atoms with E-state index < -0.39 is 23.5 Å². The van der Waals surface area contributed by atoms with Crippen LogP contribution in [0.3, 0.4) is 0 Å². The van der Waals surface area contributed by atoms with E-state index in [1.807, 2.05) is 49.4 Å². The number of esters is 1. The summed E-state index contributed by atoms with van der Waals surface area (Å²) >= 11 is 0. The van der Waals surface area contributed by atoms with Crippen molar-refractivity contribution in [2.45, 2.75) is 45.8 Å². The Balaban J connectivity index is 1.82. The number of nitrogens with two attached hydrogens (primary N) is 1. The van der Waals surface area contributed by atoms with Crippen LogP contribution in [0.5, 0.6) is 5.88 Å².